The van der Waals surface area contributed by atoms with Crippen LogP contribution >= 0.6 is 0 Å². The molecule has 0 aromatic carbocycles. The predicted molar refractivity (Wildman–Crippen MR) is 336 cm³/mol. The molecule has 0 aliphatic rings. The first-order chi connectivity index (χ1) is 38.6. The predicted octanol–water partition coefficient (Wildman–Crippen LogP) is 18.1. The number of rotatable bonds is 52. The van der Waals surface area contributed by atoms with Gasteiger partial charge in [-0.1, -0.05) is 228 Å². The average Bonchev–Trinajstić information content (AvgIpc) is 3.42. The minimum atomic E-state index is -1.54. The smallest absolute Gasteiger partial charge is 0.361 e. The molecule has 9 heteroatoms. The second-order valence-electron chi connectivity index (χ2n) is 20.2. The minimum absolute atomic E-state index is 0.165. The molecule has 0 fully saturated rings. The van der Waals surface area contributed by atoms with Crippen LogP contribution in [0.5, 0.6) is 0 Å². The Bertz CT molecular complexity index is 1940. The van der Waals surface area contributed by atoms with E-state index < -0.39 is 30.3 Å². The molecule has 2 atom stereocenters. The van der Waals surface area contributed by atoms with E-state index >= 15 is 0 Å². The molecule has 1 N–H and O–H groups in total. The standard InChI is InChI=1S/C70H107NO8/c1-6-8-10-12-14-16-18-20-21-22-23-24-25-26-27-28-29-30-31-32-33-34-35-36-37-38-39-40-41-42-43-44-45-46-47-49-51-53-55-57-59-61-68(73)79-66(65-78-70(69(74)75)76-63-62-71(3,4)5)64-77-67(72)60-58-56-54-52-50-48-19-17-15-13-11-9-7-2/h8-11,14-17,20-21,23-24,26-27,29-30,32-33,35-36,38-39,41-42,44-45,48,50,54,56,66,70H,6-7,12-13,18-19,22,25,28,31,34,37,40,43,46-47,49,51-53,55,57-65H2,1-5H3/p+1/b10-8-,11-9-,16-14-,17-15-,21-20-,24-23-,27-26-,30-29-,33-32-,36-35-,39-38-,42-41-,45-44-,50-48-,56-54-. The molecule has 0 bridgehead atoms. The molecular weight excluding hydrogens is 983 g/mol. The van der Waals surface area contributed by atoms with Crippen molar-refractivity contribution in [3.63, 3.8) is 0 Å². The molecule has 0 aliphatic carbocycles. The first kappa shape index (κ1) is 73.4. The van der Waals surface area contributed by atoms with Crippen LogP contribution in [0.4, 0.5) is 0 Å². The summed E-state index contributed by atoms with van der Waals surface area (Å²) >= 11 is 0. The second kappa shape index (κ2) is 58.5. The van der Waals surface area contributed by atoms with Gasteiger partial charge in [-0.15, -0.1) is 0 Å². The zero-order chi connectivity index (χ0) is 57.6. The SMILES string of the molecule is CC/C=C\C/C=C\C/C=C\C/C=C\C/C=C\C/C=C\C/C=C\C/C=C\C/C=C\C/C=C\C/C=C\CCCCCCCCCC(=O)OC(COC(=O)CC/C=C\C/C=C\C/C=C\C/C=C\CC)COC(OCC[N+](C)(C)C)C(=O)O. The van der Waals surface area contributed by atoms with Gasteiger partial charge in [0, 0.05) is 12.8 Å². The summed E-state index contributed by atoms with van der Waals surface area (Å²) < 4.78 is 22.7. The third kappa shape index (κ3) is 59.9. The number of ether oxygens (including phenoxy) is 4. The summed E-state index contributed by atoms with van der Waals surface area (Å²) in [5.41, 5.74) is 0. The van der Waals surface area contributed by atoms with Gasteiger partial charge in [-0.05, 0) is 122 Å². The molecule has 0 rings (SSSR count). The first-order valence-corrected chi connectivity index (χ1v) is 29.9. The molecular formula is C70H108NO8+. The fourth-order valence-electron chi connectivity index (χ4n) is 7.15. The Morgan fingerprint density at radius 3 is 1.06 bits per heavy atom. The number of hydrogen-bond donors (Lipinski definition) is 1. The number of allylic oxidation sites excluding steroid dienone is 30. The van der Waals surface area contributed by atoms with Crippen LogP contribution in [0.1, 0.15) is 181 Å². The van der Waals surface area contributed by atoms with Crippen molar-refractivity contribution in [2.75, 3.05) is 47.5 Å². The Kier molecular flexibility index (Phi) is 54.4. The van der Waals surface area contributed by atoms with Crippen molar-refractivity contribution in [2.24, 2.45) is 0 Å². The van der Waals surface area contributed by atoms with E-state index in [9.17, 15) is 19.5 Å². The molecule has 9 nitrogen and oxygen atoms in total. The minimum Gasteiger partial charge on any atom is -0.477 e. The largest absolute Gasteiger partial charge is 0.477 e. The molecule has 0 saturated heterocycles. The van der Waals surface area contributed by atoms with Crippen LogP contribution in [0.25, 0.3) is 0 Å². The van der Waals surface area contributed by atoms with Gasteiger partial charge < -0.3 is 28.5 Å². The Labute approximate surface area is 481 Å². The van der Waals surface area contributed by atoms with Crippen LogP contribution < -0.4 is 0 Å². The third-order valence-corrected chi connectivity index (χ3v) is 11.7. The van der Waals surface area contributed by atoms with E-state index in [-0.39, 0.29) is 32.7 Å². The van der Waals surface area contributed by atoms with E-state index in [1.807, 2.05) is 33.3 Å². The Morgan fingerprint density at radius 1 is 0.380 bits per heavy atom. The van der Waals surface area contributed by atoms with Crippen molar-refractivity contribution >= 4 is 17.9 Å². The highest BCUT2D eigenvalue weighted by molar-refractivity contribution is 5.71. The summed E-state index contributed by atoms with van der Waals surface area (Å²) in [6.07, 6.45) is 87.2. The first-order valence-electron chi connectivity index (χ1n) is 29.9. The van der Waals surface area contributed by atoms with E-state index in [2.05, 4.69) is 184 Å². The molecule has 0 radical (unpaired) electrons. The van der Waals surface area contributed by atoms with Crippen LogP contribution in [0.15, 0.2) is 182 Å². The topological polar surface area (TPSA) is 108 Å². The van der Waals surface area contributed by atoms with Gasteiger partial charge in [-0.2, -0.15) is 0 Å². The number of carbonyl (C=O) groups excluding carboxylic acids is 2. The summed E-state index contributed by atoms with van der Waals surface area (Å²) in [5, 5.41) is 9.68. The molecule has 0 aliphatic heterocycles. The Morgan fingerprint density at radius 2 is 0.709 bits per heavy atom. The van der Waals surface area contributed by atoms with Gasteiger partial charge in [-0.25, -0.2) is 4.79 Å². The van der Waals surface area contributed by atoms with Gasteiger partial charge in [0.1, 0.15) is 13.2 Å². The maximum absolute atomic E-state index is 12.9. The molecule has 0 spiro atoms. The van der Waals surface area contributed by atoms with Crippen molar-refractivity contribution < 1.29 is 42.9 Å². The van der Waals surface area contributed by atoms with Crippen LogP contribution in [0.3, 0.4) is 0 Å². The van der Waals surface area contributed by atoms with Crippen LogP contribution in [0, 0.1) is 0 Å². The maximum atomic E-state index is 12.9. The Hall–Kier alpha value is -5.61. The Balaban J connectivity index is 4.23. The molecule has 440 valence electrons. The van der Waals surface area contributed by atoms with E-state index in [4.69, 9.17) is 18.9 Å². The lowest BCUT2D eigenvalue weighted by Gasteiger charge is -2.25. The zero-order valence-electron chi connectivity index (χ0n) is 49.9. The molecule has 0 aromatic heterocycles. The lowest BCUT2D eigenvalue weighted by atomic mass is 10.1. The van der Waals surface area contributed by atoms with E-state index in [0.29, 0.717) is 23.9 Å². The number of quaternary nitrogens is 1. The summed E-state index contributed by atoms with van der Waals surface area (Å²) in [6.45, 7) is 4.50. The fourth-order valence-corrected chi connectivity index (χ4v) is 7.15. The van der Waals surface area contributed by atoms with Gasteiger partial charge in [0.2, 0.25) is 0 Å². The number of carboxylic acid groups (broad SMARTS) is 1. The average molecular weight is 1090 g/mol. The van der Waals surface area contributed by atoms with Gasteiger partial charge in [-0.3, -0.25) is 9.59 Å². The molecule has 79 heavy (non-hydrogen) atoms. The molecule has 2 unspecified atom stereocenters. The van der Waals surface area contributed by atoms with Crippen molar-refractivity contribution in [1.82, 2.24) is 0 Å². The summed E-state index contributed by atoms with van der Waals surface area (Å²) in [4.78, 5) is 37.3. The fraction of sp³-hybridized carbons (Fsp3) is 0.529. The number of unbranched alkanes of at least 4 members (excludes halogenated alkanes) is 7. The highest BCUT2D eigenvalue weighted by Crippen LogP contribution is 2.13. The molecule has 0 aromatic rings. The van der Waals surface area contributed by atoms with Gasteiger partial charge >= 0.3 is 17.9 Å². The van der Waals surface area contributed by atoms with Crippen LogP contribution in [-0.4, -0.2) is 87.4 Å². The highest BCUT2D eigenvalue weighted by Gasteiger charge is 2.25. The quantitative estimate of drug-likeness (QED) is 0.0211. The van der Waals surface area contributed by atoms with Gasteiger partial charge in [0.25, 0.3) is 6.29 Å². The third-order valence-electron chi connectivity index (χ3n) is 11.7. The summed E-state index contributed by atoms with van der Waals surface area (Å²) in [7, 11) is 5.92. The lowest BCUT2D eigenvalue weighted by Crippen LogP contribution is -2.40. The van der Waals surface area contributed by atoms with E-state index in [1.54, 1.807) is 0 Å². The van der Waals surface area contributed by atoms with Crippen molar-refractivity contribution in [1.29, 1.82) is 0 Å². The van der Waals surface area contributed by atoms with Crippen LogP contribution in [0.2, 0.25) is 0 Å². The highest BCUT2D eigenvalue weighted by atomic mass is 16.7. The molecule has 0 saturated carbocycles. The zero-order valence-corrected chi connectivity index (χ0v) is 49.9. The number of likely N-dealkylation sites (N-methyl/N-ethyl adjacent to an activating group) is 1. The van der Waals surface area contributed by atoms with Gasteiger partial charge in [0.05, 0.1) is 34.4 Å². The van der Waals surface area contributed by atoms with Crippen molar-refractivity contribution in [2.45, 2.75) is 193 Å². The number of carbonyl (C=O) groups is 3. The van der Waals surface area contributed by atoms with Gasteiger partial charge in [0.15, 0.2) is 6.10 Å². The molecule has 0 amide bonds. The number of aliphatic carboxylic acids is 1. The number of carboxylic acids is 1. The van der Waals surface area contributed by atoms with E-state index in [0.717, 1.165) is 128 Å². The second-order valence-corrected chi connectivity index (χ2v) is 20.2. The monoisotopic (exact) mass is 1090 g/mol. The normalized spacial score (nSPS) is 14.1. The molecule has 0 heterocycles. The van der Waals surface area contributed by atoms with E-state index in [1.165, 1.54) is 12.8 Å². The number of hydrogen-bond acceptors (Lipinski definition) is 7. The number of esters is 2. The summed E-state index contributed by atoms with van der Waals surface area (Å²) in [5.74, 6) is -2.15. The number of nitrogens with zero attached hydrogens (tertiary/aromatic N) is 1. The lowest BCUT2D eigenvalue weighted by molar-refractivity contribution is -0.870. The van der Waals surface area contributed by atoms with Crippen LogP contribution in [-0.2, 0) is 33.3 Å². The van der Waals surface area contributed by atoms with Crippen molar-refractivity contribution in [3.8, 4) is 0 Å². The van der Waals surface area contributed by atoms with Crippen molar-refractivity contribution in [3.05, 3.63) is 182 Å². The maximum Gasteiger partial charge on any atom is 0.361 e. The summed E-state index contributed by atoms with van der Waals surface area (Å²) in [6, 6.07) is 0.